The Kier molecular flexibility index (Phi) is 6.89. The van der Waals surface area contributed by atoms with Crippen LogP contribution in [0, 0.1) is 0 Å². The standard InChI is InChI=1S/C17H19N5O4S/c18-17(19)21-12-3-1-2-10(6-12)16(26)20-8-14(23)22-13(7-15(24)25)11-4-5-27-9-11/h1-6,9,13H,7-8H2,(H,20,26)(H,22,23)(H,24,25)(H4,18,19,21). The molecule has 0 saturated carbocycles. The number of thiophene rings is 1. The molecule has 2 rings (SSSR count). The van der Waals surface area contributed by atoms with Crippen molar-refractivity contribution in [3.63, 3.8) is 0 Å². The molecule has 1 aromatic carbocycles. The number of aliphatic carboxylic acids is 1. The fraction of sp³-hybridized carbons (Fsp3) is 0.176. The second kappa shape index (κ2) is 9.34. The maximum Gasteiger partial charge on any atom is 0.305 e. The van der Waals surface area contributed by atoms with E-state index in [0.717, 1.165) is 0 Å². The van der Waals surface area contributed by atoms with Crippen molar-refractivity contribution < 1.29 is 19.5 Å². The van der Waals surface area contributed by atoms with Gasteiger partial charge < -0.3 is 27.2 Å². The number of carbonyl (C=O) groups is 3. The van der Waals surface area contributed by atoms with E-state index in [0.29, 0.717) is 11.3 Å². The molecule has 27 heavy (non-hydrogen) atoms. The zero-order valence-corrected chi connectivity index (χ0v) is 15.0. The predicted molar refractivity (Wildman–Crippen MR) is 102 cm³/mol. The summed E-state index contributed by atoms with van der Waals surface area (Å²) in [6.07, 6.45) is -0.253. The molecule has 2 amide bonds. The average molecular weight is 389 g/mol. The number of guanidine groups is 1. The van der Waals surface area contributed by atoms with Gasteiger partial charge in [0.15, 0.2) is 5.96 Å². The predicted octanol–water partition coefficient (Wildman–Crippen LogP) is 0.715. The summed E-state index contributed by atoms with van der Waals surface area (Å²) in [5, 5.41) is 17.7. The molecule has 0 aliphatic heterocycles. The third kappa shape index (κ3) is 6.44. The van der Waals surface area contributed by atoms with Gasteiger partial charge in [-0.25, -0.2) is 4.99 Å². The van der Waals surface area contributed by atoms with E-state index < -0.39 is 23.8 Å². The number of hydrogen-bond donors (Lipinski definition) is 5. The summed E-state index contributed by atoms with van der Waals surface area (Å²) < 4.78 is 0. The van der Waals surface area contributed by atoms with Crippen molar-refractivity contribution >= 4 is 40.8 Å². The molecule has 142 valence electrons. The highest BCUT2D eigenvalue weighted by molar-refractivity contribution is 7.08. The highest BCUT2D eigenvalue weighted by Crippen LogP contribution is 2.19. The van der Waals surface area contributed by atoms with Crippen LogP contribution in [-0.2, 0) is 9.59 Å². The molecule has 2 aromatic rings. The molecule has 7 N–H and O–H groups in total. The number of aliphatic imine (C=N–C) groups is 1. The second-order valence-electron chi connectivity index (χ2n) is 5.54. The molecule has 0 spiro atoms. The van der Waals surface area contributed by atoms with Crippen LogP contribution in [0.4, 0.5) is 5.69 Å². The number of carbonyl (C=O) groups excluding carboxylic acids is 2. The number of carboxylic acids is 1. The Morgan fingerprint density at radius 1 is 1.22 bits per heavy atom. The van der Waals surface area contributed by atoms with E-state index in [9.17, 15) is 14.4 Å². The molecule has 1 unspecified atom stereocenters. The number of amides is 2. The van der Waals surface area contributed by atoms with Crippen LogP contribution in [0.5, 0.6) is 0 Å². The summed E-state index contributed by atoms with van der Waals surface area (Å²) in [6, 6.07) is 7.34. The normalized spacial score (nSPS) is 11.3. The molecule has 0 fully saturated rings. The van der Waals surface area contributed by atoms with E-state index in [1.54, 1.807) is 35.0 Å². The lowest BCUT2D eigenvalue weighted by atomic mass is 10.1. The van der Waals surface area contributed by atoms with Crippen molar-refractivity contribution in [3.8, 4) is 0 Å². The molecule has 9 nitrogen and oxygen atoms in total. The van der Waals surface area contributed by atoms with E-state index in [2.05, 4.69) is 15.6 Å². The van der Waals surface area contributed by atoms with Gasteiger partial charge in [0, 0.05) is 5.56 Å². The minimum atomic E-state index is -1.04. The van der Waals surface area contributed by atoms with Crippen LogP contribution in [0.1, 0.15) is 28.4 Å². The van der Waals surface area contributed by atoms with Crippen LogP contribution in [-0.4, -0.2) is 35.4 Å². The van der Waals surface area contributed by atoms with Gasteiger partial charge in [0.25, 0.3) is 5.91 Å². The Morgan fingerprint density at radius 3 is 2.63 bits per heavy atom. The monoisotopic (exact) mass is 389 g/mol. The zero-order chi connectivity index (χ0) is 19.8. The number of nitrogens with one attached hydrogen (secondary N) is 2. The van der Waals surface area contributed by atoms with Gasteiger partial charge in [-0.3, -0.25) is 14.4 Å². The van der Waals surface area contributed by atoms with Crippen molar-refractivity contribution in [3.05, 3.63) is 52.2 Å². The van der Waals surface area contributed by atoms with E-state index in [4.69, 9.17) is 16.6 Å². The summed E-state index contributed by atoms with van der Waals surface area (Å²) in [4.78, 5) is 39.1. The topological polar surface area (TPSA) is 160 Å². The van der Waals surface area contributed by atoms with Gasteiger partial charge in [-0.05, 0) is 40.6 Å². The van der Waals surface area contributed by atoms with Crippen LogP contribution < -0.4 is 22.1 Å². The van der Waals surface area contributed by atoms with Crippen LogP contribution >= 0.6 is 11.3 Å². The van der Waals surface area contributed by atoms with E-state index in [1.165, 1.54) is 17.4 Å². The summed E-state index contributed by atoms with van der Waals surface area (Å²) in [6.45, 7) is -0.300. The fourth-order valence-corrected chi connectivity index (χ4v) is 2.99. The van der Waals surface area contributed by atoms with Crippen molar-refractivity contribution in [1.29, 1.82) is 0 Å². The molecule has 10 heteroatoms. The highest BCUT2D eigenvalue weighted by Gasteiger charge is 2.19. The first-order valence-corrected chi connectivity index (χ1v) is 8.80. The Bertz CT molecular complexity index is 847. The van der Waals surface area contributed by atoms with Crippen LogP contribution in [0.2, 0.25) is 0 Å². The second-order valence-corrected chi connectivity index (χ2v) is 6.32. The fourth-order valence-electron chi connectivity index (χ4n) is 2.27. The molecule has 0 bridgehead atoms. The Morgan fingerprint density at radius 2 is 2.00 bits per heavy atom. The largest absolute Gasteiger partial charge is 0.481 e. The van der Waals surface area contributed by atoms with E-state index in [1.807, 2.05) is 0 Å². The molecule has 1 heterocycles. The first-order chi connectivity index (χ1) is 12.8. The molecule has 1 aromatic heterocycles. The van der Waals surface area contributed by atoms with E-state index in [-0.39, 0.29) is 24.5 Å². The van der Waals surface area contributed by atoms with Gasteiger partial charge in [-0.2, -0.15) is 11.3 Å². The number of rotatable bonds is 8. The molecular weight excluding hydrogens is 370 g/mol. The van der Waals surface area contributed by atoms with Gasteiger partial charge in [0.1, 0.15) is 0 Å². The number of nitrogens with zero attached hydrogens (tertiary/aromatic N) is 1. The third-order valence-electron chi connectivity index (χ3n) is 3.44. The van der Waals surface area contributed by atoms with Crippen LogP contribution in [0.25, 0.3) is 0 Å². The molecule has 0 radical (unpaired) electrons. The lowest BCUT2D eigenvalue weighted by Gasteiger charge is -2.16. The molecule has 0 saturated heterocycles. The molecule has 0 aliphatic rings. The zero-order valence-electron chi connectivity index (χ0n) is 14.2. The van der Waals surface area contributed by atoms with Gasteiger partial charge >= 0.3 is 5.97 Å². The molecular formula is C17H19N5O4S. The number of carboxylic acid groups (broad SMARTS) is 1. The Balaban J connectivity index is 1.95. The minimum absolute atomic E-state index is 0.134. The van der Waals surface area contributed by atoms with Crippen molar-refractivity contribution in [2.45, 2.75) is 12.5 Å². The first-order valence-electron chi connectivity index (χ1n) is 7.86. The SMILES string of the molecule is NC(N)=Nc1cccc(C(=O)NCC(=O)NC(CC(=O)O)c2ccsc2)c1. The smallest absolute Gasteiger partial charge is 0.305 e. The van der Waals surface area contributed by atoms with Gasteiger partial charge in [-0.15, -0.1) is 0 Å². The average Bonchev–Trinajstić information content (AvgIpc) is 3.13. The summed E-state index contributed by atoms with van der Waals surface area (Å²) in [7, 11) is 0. The number of nitrogens with two attached hydrogens (primary N) is 2. The minimum Gasteiger partial charge on any atom is -0.481 e. The number of hydrogen-bond acceptors (Lipinski definition) is 5. The van der Waals surface area contributed by atoms with Crippen molar-refractivity contribution in [2.24, 2.45) is 16.5 Å². The lowest BCUT2D eigenvalue weighted by molar-refractivity contribution is -0.137. The lowest BCUT2D eigenvalue weighted by Crippen LogP contribution is -2.39. The van der Waals surface area contributed by atoms with Gasteiger partial charge in [-0.1, -0.05) is 6.07 Å². The third-order valence-corrected chi connectivity index (χ3v) is 4.14. The van der Waals surface area contributed by atoms with Crippen LogP contribution in [0.15, 0.2) is 46.1 Å². The highest BCUT2D eigenvalue weighted by atomic mass is 32.1. The Hall–Kier alpha value is -3.40. The summed E-state index contributed by atoms with van der Waals surface area (Å²) >= 11 is 1.40. The van der Waals surface area contributed by atoms with Crippen LogP contribution in [0.3, 0.4) is 0 Å². The molecule has 0 aliphatic carbocycles. The van der Waals surface area contributed by atoms with E-state index >= 15 is 0 Å². The summed E-state index contributed by atoms with van der Waals surface area (Å²) in [5.41, 5.74) is 12.0. The Labute approximate surface area is 159 Å². The quantitative estimate of drug-likeness (QED) is 0.330. The molecule has 1 atom stereocenters. The first kappa shape index (κ1) is 19.9. The maximum atomic E-state index is 12.2. The van der Waals surface area contributed by atoms with Gasteiger partial charge in [0.2, 0.25) is 5.91 Å². The number of benzene rings is 1. The maximum absolute atomic E-state index is 12.2. The van der Waals surface area contributed by atoms with Crippen molar-refractivity contribution in [1.82, 2.24) is 10.6 Å². The van der Waals surface area contributed by atoms with Crippen molar-refractivity contribution in [2.75, 3.05) is 6.54 Å². The van der Waals surface area contributed by atoms with Gasteiger partial charge in [0.05, 0.1) is 24.7 Å². The summed E-state index contributed by atoms with van der Waals surface area (Å²) in [5.74, 6) is -2.15.